The van der Waals surface area contributed by atoms with E-state index in [0.29, 0.717) is 11.8 Å². The minimum atomic E-state index is 0.444. The van der Waals surface area contributed by atoms with Gasteiger partial charge in [0.25, 0.3) is 0 Å². The lowest BCUT2D eigenvalue weighted by atomic mass is 10.0. The zero-order valence-electron chi connectivity index (χ0n) is 12.7. The number of aromatic nitrogens is 3. The van der Waals surface area contributed by atoms with Crippen LogP contribution < -0.4 is 0 Å². The average molecular weight is 247 g/mol. The monoisotopic (exact) mass is 247 g/mol. The lowest BCUT2D eigenvalue weighted by Gasteiger charge is -2.09. The molecule has 0 fully saturated rings. The Balaban J connectivity index is 0.000000771. The maximum absolute atomic E-state index is 4.69. The SMILES string of the molecule is CC.Cc1cnn2c(C(C)C)c(C(C)C)nc2c1. The van der Waals surface area contributed by atoms with E-state index in [-0.39, 0.29) is 0 Å². The van der Waals surface area contributed by atoms with Crippen LogP contribution in [0.5, 0.6) is 0 Å². The standard InChI is InChI=1S/C13H19N3.C2H6/c1-8(2)12-13(9(3)4)16-11(15-12)6-10(5)7-14-16;1-2/h6-9H,1-5H3;1-2H3. The Labute approximate surface area is 110 Å². The van der Waals surface area contributed by atoms with Gasteiger partial charge in [-0.1, -0.05) is 41.5 Å². The zero-order valence-corrected chi connectivity index (χ0v) is 12.7. The summed E-state index contributed by atoms with van der Waals surface area (Å²) in [6.07, 6.45) is 1.89. The Morgan fingerprint density at radius 1 is 1.06 bits per heavy atom. The minimum absolute atomic E-state index is 0.444. The molecule has 0 spiro atoms. The molecule has 0 unspecified atom stereocenters. The number of imidazole rings is 1. The van der Waals surface area contributed by atoms with Crippen LogP contribution in [0.2, 0.25) is 0 Å². The molecule has 0 atom stereocenters. The molecule has 0 radical (unpaired) electrons. The highest BCUT2D eigenvalue weighted by Crippen LogP contribution is 2.26. The van der Waals surface area contributed by atoms with Gasteiger partial charge in [0.2, 0.25) is 0 Å². The van der Waals surface area contributed by atoms with Gasteiger partial charge in [0.15, 0.2) is 5.65 Å². The summed E-state index contributed by atoms with van der Waals surface area (Å²) < 4.78 is 1.98. The second-order valence-corrected chi connectivity index (χ2v) is 4.99. The van der Waals surface area contributed by atoms with Crippen LogP contribution in [0.1, 0.15) is 70.3 Å². The topological polar surface area (TPSA) is 30.2 Å². The maximum Gasteiger partial charge on any atom is 0.154 e. The molecule has 0 N–H and O–H groups in total. The molecule has 0 aromatic carbocycles. The van der Waals surface area contributed by atoms with Crippen LogP contribution in [0.4, 0.5) is 0 Å². The lowest BCUT2D eigenvalue weighted by Crippen LogP contribution is -2.03. The van der Waals surface area contributed by atoms with Crippen LogP contribution in [-0.2, 0) is 0 Å². The molecule has 0 aliphatic carbocycles. The van der Waals surface area contributed by atoms with Gasteiger partial charge in [-0.3, -0.25) is 0 Å². The highest BCUT2D eigenvalue weighted by atomic mass is 15.3. The Kier molecular flexibility index (Phi) is 4.88. The molecular formula is C15H25N3. The summed E-state index contributed by atoms with van der Waals surface area (Å²) in [7, 11) is 0. The highest BCUT2D eigenvalue weighted by molar-refractivity contribution is 5.45. The molecule has 0 aliphatic rings. The van der Waals surface area contributed by atoms with Crippen molar-refractivity contribution in [1.29, 1.82) is 0 Å². The number of hydrogen-bond donors (Lipinski definition) is 0. The zero-order chi connectivity index (χ0) is 13.9. The first-order valence-corrected chi connectivity index (χ1v) is 6.86. The fourth-order valence-electron chi connectivity index (χ4n) is 2.03. The molecule has 0 saturated heterocycles. The number of aryl methyl sites for hydroxylation is 1. The first-order chi connectivity index (χ1) is 8.50. The van der Waals surface area contributed by atoms with Crippen molar-refractivity contribution in [2.75, 3.05) is 0 Å². The van der Waals surface area contributed by atoms with Crippen LogP contribution in [0.3, 0.4) is 0 Å². The van der Waals surface area contributed by atoms with Crippen molar-refractivity contribution >= 4 is 5.65 Å². The first kappa shape index (κ1) is 14.7. The summed E-state index contributed by atoms with van der Waals surface area (Å²) in [5.74, 6) is 0.891. The molecule has 2 aromatic rings. The second kappa shape index (κ2) is 5.98. The number of hydrogen-bond acceptors (Lipinski definition) is 2. The van der Waals surface area contributed by atoms with Crippen LogP contribution in [0.25, 0.3) is 5.65 Å². The smallest absolute Gasteiger partial charge is 0.154 e. The molecular weight excluding hydrogens is 222 g/mol. The fraction of sp³-hybridized carbons (Fsp3) is 0.600. The molecule has 3 heteroatoms. The predicted molar refractivity (Wildman–Crippen MR) is 77.3 cm³/mol. The molecule has 2 aromatic heterocycles. The molecule has 2 rings (SSSR count). The number of fused-ring (bicyclic) bond motifs is 1. The van der Waals surface area contributed by atoms with Crippen molar-refractivity contribution in [3.8, 4) is 0 Å². The third-order valence-corrected chi connectivity index (χ3v) is 2.77. The molecule has 0 bridgehead atoms. The van der Waals surface area contributed by atoms with E-state index in [1.807, 2.05) is 31.5 Å². The number of rotatable bonds is 2. The van der Waals surface area contributed by atoms with Gasteiger partial charge in [0, 0.05) is 0 Å². The van der Waals surface area contributed by atoms with Gasteiger partial charge in [0.05, 0.1) is 17.6 Å². The van der Waals surface area contributed by atoms with E-state index in [1.54, 1.807) is 0 Å². The van der Waals surface area contributed by atoms with Gasteiger partial charge in [-0.05, 0) is 30.4 Å². The van der Waals surface area contributed by atoms with Gasteiger partial charge in [0.1, 0.15) is 0 Å². The van der Waals surface area contributed by atoms with E-state index < -0.39 is 0 Å². The summed E-state index contributed by atoms with van der Waals surface area (Å²) in [5.41, 5.74) is 4.54. The summed E-state index contributed by atoms with van der Waals surface area (Å²) >= 11 is 0. The molecule has 100 valence electrons. The van der Waals surface area contributed by atoms with Crippen molar-refractivity contribution < 1.29 is 0 Å². The predicted octanol–water partition coefficient (Wildman–Crippen LogP) is 4.31. The largest absolute Gasteiger partial charge is 0.231 e. The molecule has 0 amide bonds. The molecule has 0 saturated carbocycles. The summed E-state index contributed by atoms with van der Waals surface area (Å²) in [4.78, 5) is 4.69. The van der Waals surface area contributed by atoms with E-state index in [2.05, 4.69) is 38.9 Å². The fourth-order valence-corrected chi connectivity index (χ4v) is 2.03. The lowest BCUT2D eigenvalue weighted by molar-refractivity contribution is 0.717. The average Bonchev–Trinajstić information content (AvgIpc) is 2.70. The van der Waals surface area contributed by atoms with E-state index >= 15 is 0 Å². The van der Waals surface area contributed by atoms with Gasteiger partial charge >= 0.3 is 0 Å². The van der Waals surface area contributed by atoms with Crippen molar-refractivity contribution in [1.82, 2.24) is 14.6 Å². The van der Waals surface area contributed by atoms with Crippen LogP contribution in [0, 0.1) is 6.92 Å². The van der Waals surface area contributed by atoms with Gasteiger partial charge in [-0.2, -0.15) is 5.10 Å². The van der Waals surface area contributed by atoms with E-state index in [4.69, 9.17) is 4.98 Å². The summed E-state index contributed by atoms with van der Waals surface area (Å²) in [5, 5.41) is 4.46. The Morgan fingerprint density at radius 3 is 2.17 bits per heavy atom. The Hall–Kier alpha value is -1.38. The number of nitrogens with zero attached hydrogens (tertiary/aromatic N) is 3. The van der Waals surface area contributed by atoms with Crippen molar-refractivity contribution in [2.24, 2.45) is 0 Å². The molecule has 0 aliphatic heterocycles. The van der Waals surface area contributed by atoms with Crippen molar-refractivity contribution in [3.05, 3.63) is 29.2 Å². The van der Waals surface area contributed by atoms with Crippen LogP contribution >= 0.6 is 0 Å². The van der Waals surface area contributed by atoms with E-state index in [9.17, 15) is 0 Å². The quantitative estimate of drug-likeness (QED) is 0.791. The Morgan fingerprint density at radius 2 is 1.67 bits per heavy atom. The molecule has 2 heterocycles. The molecule has 18 heavy (non-hydrogen) atoms. The van der Waals surface area contributed by atoms with Crippen molar-refractivity contribution in [3.63, 3.8) is 0 Å². The van der Waals surface area contributed by atoms with Crippen molar-refractivity contribution in [2.45, 2.75) is 60.3 Å². The third kappa shape index (κ3) is 2.71. The second-order valence-electron chi connectivity index (χ2n) is 4.99. The minimum Gasteiger partial charge on any atom is -0.231 e. The maximum atomic E-state index is 4.69. The summed E-state index contributed by atoms with van der Waals surface area (Å²) in [6, 6.07) is 2.09. The van der Waals surface area contributed by atoms with Gasteiger partial charge in [-0.15, -0.1) is 0 Å². The van der Waals surface area contributed by atoms with Gasteiger partial charge in [-0.25, -0.2) is 9.50 Å². The third-order valence-electron chi connectivity index (χ3n) is 2.77. The molecule has 3 nitrogen and oxygen atoms in total. The van der Waals surface area contributed by atoms with Crippen LogP contribution in [-0.4, -0.2) is 14.6 Å². The van der Waals surface area contributed by atoms with E-state index in [1.165, 1.54) is 11.4 Å². The summed E-state index contributed by atoms with van der Waals surface area (Å²) in [6.45, 7) is 14.8. The Bertz CT molecular complexity index is 510. The van der Waals surface area contributed by atoms with E-state index in [0.717, 1.165) is 11.2 Å². The van der Waals surface area contributed by atoms with Crippen LogP contribution in [0.15, 0.2) is 12.3 Å². The van der Waals surface area contributed by atoms with Gasteiger partial charge < -0.3 is 0 Å². The normalized spacial score (nSPS) is 10.9. The highest BCUT2D eigenvalue weighted by Gasteiger charge is 2.18. The first-order valence-electron chi connectivity index (χ1n) is 6.86.